The van der Waals surface area contributed by atoms with Crippen molar-refractivity contribution in [3.05, 3.63) is 71.3 Å². The molecule has 0 aliphatic heterocycles. The molecule has 0 aliphatic carbocycles. The van der Waals surface area contributed by atoms with Gasteiger partial charge in [0.25, 0.3) is 0 Å². The zero-order chi connectivity index (χ0) is 19.2. The van der Waals surface area contributed by atoms with E-state index >= 15 is 0 Å². The summed E-state index contributed by atoms with van der Waals surface area (Å²) < 4.78 is 40.7. The van der Waals surface area contributed by atoms with E-state index in [9.17, 15) is 18.0 Å². The molecule has 140 valence electrons. The summed E-state index contributed by atoms with van der Waals surface area (Å²) in [7, 11) is 0. The van der Waals surface area contributed by atoms with Crippen molar-refractivity contribution in [2.24, 2.45) is 5.73 Å². The number of carbonyl (C=O) groups excluding carboxylic acids is 1. The van der Waals surface area contributed by atoms with Gasteiger partial charge in [0.15, 0.2) is 0 Å². The van der Waals surface area contributed by atoms with Gasteiger partial charge in [-0.25, -0.2) is 0 Å². The number of ether oxygens (including phenoxy) is 1. The molecule has 1 amide bonds. The zero-order valence-electron chi connectivity index (χ0n) is 14.3. The molecular formula is C19H21F3N2O2. The smallest absolute Gasteiger partial charge is 0.367 e. The highest BCUT2D eigenvalue weighted by Gasteiger charge is 2.30. The van der Waals surface area contributed by atoms with Crippen LogP contribution in [0.2, 0.25) is 0 Å². The zero-order valence-corrected chi connectivity index (χ0v) is 14.3. The molecule has 7 heteroatoms. The molecule has 3 N–H and O–H groups in total. The number of halogens is 3. The Morgan fingerprint density at radius 3 is 2.19 bits per heavy atom. The second-order valence-electron chi connectivity index (χ2n) is 6.18. The maximum Gasteiger partial charge on any atom is 0.411 e. The van der Waals surface area contributed by atoms with E-state index in [1.165, 1.54) is 0 Å². The van der Waals surface area contributed by atoms with Gasteiger partial charge in [-0.15, -0.1) is 0 Å². The van der Waals surface area contributed by atoms with Crippen molar-refractivity contribution >= 4 is 5.91 Å². The topological polar surface area (TPSA) is 64.4 Å². The van der Waals surface area contributed by atoms with Crippen LogP contribution in [0.5, 0.6) is 0 Å². The molecule has 0 fully saturated rings. The van der Waals surface area contributed by atoms with Crippen molar-refractivity contribution < 1.29 is 22.7 Å². The molecule has 1 unspecified atom stereocenters. The number of alkyl halides is 3. The average Bonchev–Trinajstić information content (AvgIpc) is 2.60. The standard InChI is InChI=1S/C19H21F3N2O2/c1-18(23,16-5-3-2-4-6-16)17(25)24-11-14-7-9-15(10-8-14)12-26-13-19(20,21)22/h2-10H,11-13,23H2,1H3,(H,24,25). The molecular weight excluding hydrogens is 345 g/mol. The molecule has 0 saturated carbocycles. The second-order valence-corrected chi connectivity index (χ2v) is 6.18. The summed E-state index contributed by atoms with van der Waals surface area (Å²) in [6, 6.07) is 15.8. The summed E-state index contributed by atoms with van der Waals surface area (Å²) in [4.78, 5) is 12.4. The Balaban J connectivity index is 1.86. The number of benzene rings is 2. The third kappa shape index (κ3) is 5.86. The van der Waals surface area contributed by atoms with Crippen LogP contribution in [-0.2, 0) is 28.2 Å². The lowest BCUT2D eigenvalue weighted by molar-refractivity contribution is -0.176. The van der Waals surface area contributed by atoms with Gasteiger partial charge in [-0.05, 0) is 23.6 Å². The number of hydrogen-bond donors (Lipinski definition) is 2. The van der Waals surface area contributed by atoms with Gasteiger partial charge in [0.1, 0.15) is 12.1 Å². The fourth-order valence-electron chi connectivity index (χ4n) is 2.32. The number of amides is 1. The molecule has 0 bridgehead atoms. The van der Waals surface area contributed by atoms with Crippen LogP contribution < -0.4 is 11.1 Å². The highest BCUT2D eigenvalue weighted by atomic mass is 19.4. The number of rotatable bonds is 7. The van der Waals surface area contributed by atoms with Crippen LogP contribution in [0.1, 0.15) is 23.6 Å². The number of nitrogens with one attached hydrogen (secondary N) is 1. The first-order valence-electron chi connectivity index (χ1n) is 8.03. The van der Waals surface area contributed by atoms with Crippen LogP contribution in [0.15, 0.2) is 54.6 Å². The van der Waals surface area contributed by atoms with Gasteiger partial charge in [-0.1, -0.05) is 54.6 Å². The minimum atomic E-state index is -4.34. The van der Waals surface area contributed by atoms with E-state index in [-0.39, 0.29) is 19.1 Å². The molecule has 0 spiro atoms. The van der Waals surface area contributed by atoms with E-state index in [1.54, 1.807) is 43.3 Å². The number of carbonyl (C=O) groups is 1. The summed E-state index contributed by atoms with van der Waals surface area (Å²) in [5, 5.41) is 2.78. The quantitative estimate of drug-likeness (QED) is 0.791. The van der Waals surface area contributed by atoms with E-state index in [0.29, 0.717) is 11.1 Å². The largest absolute Gasteiger partial charge is 0.411 e. The van der Waals surface area contributed by atoms with Crippen LogP contribution in [-0.4, -0.2) is 18.7 Å². The Bertz CT molecular complexity index is 714. The van der Waals surface area contributed by atoms with Crippen LogP contribution in [0.4, 0.5) is 13.2 Å². The van der Waals surface area contributed by atoms with E-state index in [2.05, 4.69) is 10.1 Å². The molecule has 2 rings (SSSR count). The van der Waals surface area contributed by atoms with Crippen LogP contribution in [0.3, 0.4) is 0 Å². The lowest BCUT2D eigenvalue weighted by atomic mass is 9.92. The van der Waals surface area contributed by atoms with Gasteiger partial charge in [0.05, 0.1) is 6.61 Å². The van der Waals surface area contributed by atoms with E-state index < -0.39 is 18.3 Å². The maximum atomic E-state index is 12.4. The lowest BCUT2D eigenvalue weighted by Crippen LogP contribution is -2.48. The summed E-state index contributed by atoms with van der Waals surface area (Å²) in [5.74, 6) is -0.318. The van der Waals surface area contributed by atoms with Crippen molar-refractivity contribution in [1.82, 2.24) is 5.32 Å². The highest BCUT2D eigenvalue weighted by Crippen LogP contribution is 2.18. The molecule has 0 radical (unpaired) electrons. The summed E-state index contributed by atoms with van der Waals surface area (Å²) in [6.07, 6.45) is -4.34. The predicted octanol–water partition coefficient (Wildman–Crippen LogP) is 3.26. The van der Waals surface area contributed by atoms with Crippen molar-refractivity contribution in [2.75, 3.05) is 6.61 Å². The van der Waals surface area contributed by atoms with Crippen LogP contribution in [0, 0.1) is 0 Å². The molecule has 1 atom stereocenters. The first-order valence-corrected chi connectivity index (χ1v) is 8.03. The monoisotopic (exact) mass is 366 g/mol. The minimum Gasteiger partial charge on any atom is -0.367 e. The summed E-state index contributed by atoms with van der Waals surface area (Å²) in [6.45, 7) is 0.501. The molecule has 0 aliphatic rings. The predicted molar refractivity (Wildman–Crippen MR) is 92.0 cm³/mol. The van der Waals surface area contributed by atoms with E-state index in [4.69, 9.17) is 5.73 Å². The van der Waals surface area contributed by atoms with Gasteiger partial charge >= 0.3 is 6.18 Å². The van der Waals surface area contributed by atoms with Crippen molar-refractivity contribution in [2.45, 2.75) is 31.8 Å². The summed E-state index contributed by atoms with van der Waals surface area (Å²) >= 11 is 0. The van der Waals surface area contributed by atoms with Crippen molar-refractivity contribution in [1.29, 1.82) is 0 Å². The van der Waals surface area contributed by atoms with Gasteiger partial charge < -0.3 is 15.8 Å². The lowest BCUT2D eigenvalue weighted by Gasteiger charge is -2.24. The van der Waals surface area contributed by atoms with Crippen LogP contribution in [0.25, 0.3) is 0 Å². The highest BCUT2D eigenvalue weighted by molar-refractivity contribution is 5.86. The van der Waals surface area contributed by atoms with Gasteiger partial charge in [0.2, 0.25) is 5.91 Å². The Labute approximate surface area is 150 Å². The van der Waals surface area contributed by atoms with E-state index in [1.807, 2.05) is 18.2 Å². The SMILES string of the molecule is CC(N)(C(=O)NCc1ccc(COCC(F)(F)F)cc1)c1ccccc1. The fraction of sp³-hybridized carbons (Fsp3) is 0.316. The molecule has 2 aromatic rings. The molecule has 0 heterocycles. The van der Waals surface area contributed by atoms with Crippen molar-refractivity contribution in [3.63, 3.8) is 0 Å². The molecule has 26 heavy (non-hydrogen) atoms. The normalized spacial score (nSPS) is 13.9. The minimum absolute atomic E-state index is 0.124. The first-order chi connectivity index (χ1) is 12.2. The van der Waals surface area contributed by atoms with Gasteiger partial charge in [-0.3, -0.25) is 4.79 Å². The van der Waals surface area contributed by atoms with Gasteiger partial charge in [0, 0.05) is 6.54 Å². The Kier molecular flexibility index (Phi) is 6.39. The number of nitrogens with two attached hydrogens (primary N) is 1. The molecule has 4 nitrogen and oxygen atoms in total. The van der Waals surface area contributed by atoms with Crippen molar-refractivity contribution in [3.8, 4) is 0 Å². The maximum absolute atomic E-state index is 12.4. The Morgan fingerprint density at radius 1 is 1.04 bits per heavy atom. The third-order valence-corrected chi connectivity index (χ3v) is 3.86. The number of hydrogen-bond acceptors (Lipinski definition) is 3. The average molecular weight is 366 g/mol. The fourth-order valence-corrected chi connectivity index (χ4v) is 2.32. The van der Waals surface area contributed by atoms with E-state index in [0.717, 1.165) is 5.56 Å². The summed E-state index contributed by atoms with van der Waals surface area (Å²) in [5.41, 5.74) is 7.11. The Hall–Kier alpha value is -2.38. The Morgan fingerprint density at radius 2 is 1.62 bits per heavy atom. The first kappa shape index (κ1) is 19.9. The second kappa shape index (κ2) is 8.33. The molecule has 2 aromatic carbocycles. The molecule has 0 aromatic heterocycles. The molecule has 0 saturated heterocycles. The third-order valence-electron chi connectivity index (χ3n) is 3.86. The van der Waals surface area contributed by atoms with Gasteiger partial charge in [-0.2, -0.15) is 13.2 Å². The van der Waals surface area contributed by atoms with Crippen LogP contribution >= 0.6 is 0 Å².